The molecule has 1 aliphatic rings. The number of morpholine rings is 1. The highest BCUT2D eigenvalue weighted by atomic mass is 35.5. The van der Waals surface area contributed by atoms with Crippen LogP contribution in [0.1, 0.15) is 16.1 Å². The molecule has 1 N–H and O–H groups in total. The molecular formula is C21H19ClFN5O4. The predicted octanol–water partition coefficient (Wildman–Crippen LogP) is 3.60. The van der Waals surface area contributed by atoms with Crippen molar-refractivity contribution in [2.24, 2.45) is 5.10 Å². The van der Waals surface area contributed by atoms with Gasteiger partial charge in [0.05, 0.1) is 43.3 Å². The lowest BCUT2D eigenvalue weighted by Crippen LogP contribution is -2.37. The molecule has 32 heavy (non-hydrogen) atoms. The number of methoxy groups -OCH3 is 1. The third kappa shape index (κ3) is 4.87. The molecule has 1 saturated heterocycles. The Bertz CT molecular complexity index is 1150. The van der Waals surface area contributed by atoms with Gasteiger partial charge in [-0.3, -0.25) is 0 Å². The average molecular weight is 460 g/mol. The normalized spacial score (nSPS) is 14.0. The number of carbonyl (C=O) groups is 1. The molecule has 0 aliphatic carbocycles. The van der Waals surface area contributed by atoms with Crippen LogP contribution in [0.5, 0.6) is 0 Å². The van der Waals surface area contributed by atoms with E-state index in [0.717, 1.165) is 6.20 Å². The maximum absolute atomic E-state index is 14.1. The Balaban J connectivity index is 1.47. The summed E-state index contributed by atoms with van der Waals surface area (Å²) in [6.07, 6.45) is 2.51. The zero-order chi connectivity index (χ0) is 22.5. The molecule has 2 aromatic heterocycles. The number of halogens is 2. The van der Waals surface area contributed by atoms with Gasteiger partial charge in [0.25, 0.3) is 0 Å². The zero-order valence-corrected chi connectivity index (χ0v) is 17.8. The number of ether oxygens (including phenoxy) is 2. The summed E-state index contributed by atoms with van der Waals surface area (Å²) in [5, 5.41) is 4.47. The lowest BCUT2D eigenvalue weighted by atomic mass is 10.1. The topological polar surface area (TPSA) is 102 Å². The van der Waals surface area contributed by atoms with E-state index in [1.807, 2.05) is 0 Å². The van der Waals surface area contributed by atoms with Gasteiger partial charge in [-0.1, -0.05) is 11.6 Å². The molecule has 11 heteroatoms. The fourth-order valence-electron chi connectivity index (χ4n) is 3.09. The first-order valence-corrected chi connectivity index (χ1v) is 10.1. The van der Waals surface area contributed by atoms with Gasteiger partial charge in [0.2, 0.25) is 5.95 Å². The van der Waals surface area contributed by atoms with E-state index >= 15 is 0 Å². The van der Waals surface area contributed by atoms with Crippen LogP contribution in [-0.2, 0) is 9.47 Å². The van der Waals surface area contributed by atoms with Crippen molar-refractivity contribution >= 4 is 35.6 Å². The predicted molar refractivity (Wildman–Crippen MR) is 117 cm³/mol. The quantitative estimate of drug-likeness (QED) is 0.339. The number of hydrogen-bond donors (Lipinski definition) is 1. The van der Waals surface area contributed by atoms with Crippen LogP contribution >= 0.6 is 11.6 Å². The second-order valence-electron chi connectivity index (χ2n) is 6.72. The fourth-order valence-corrected chi connectivity index (χ4v) is 3.30. The van der Waals surface area contributed by atoms with Crippen molar-refractivity contribution < 1.29 is 23.1 Å². The van der Waals surface area contributed by atoms with E-state index in [1.54, 1.807) is 35.2 Å². The first-order chi connectivity index (χ1) is 15.5. The molecule has 3 heterocycles. The van der Waals surface area contributed by atoms with Crippen LogP contribution in [0.4, 0.5) is 16.2 Å². The molecule has 0 radical (unpaired) electrons. The van der Waals surface area contributed by atoms with Gasteiger partial charge in [-0.05, 0) is 30.3 Å². The molecule has 166 valence electrons. The Morgan fingerprint density at radius 1 is 1.31 bits per heavy atom. The number of nitrogens with one attached hydrogen (secondary N) is 1. The Morgan fingerprint density at radius 3 is 2.91 bits per heavy atom. The lowest BCUT2D eigenvalue weighted by molar-refractivity contribution is 0.0601. The maximum atomic E-state index is 14.1. The molecule has 1 fully saturated rings. The number of anilines is 2. The highest BCUT2D eigenvalue weighted by molar-refractivity contribution is 6.33. The van der Waals surface area contributed by atoms with Crippen LogP contribution < -0.4 is 10.3 Å². The first kappa shape index (κ1) is 21.7. The van der Waals surface area contributed by atoms with Crippen molar-refractivity contribution in [3.63, 3.8) is 0 Å². The van der Waals surface area contributed by atoms with Crippen molar-refractivity contribution in [1.82, 2.24) is 9.97 Å². The number of benzene rings is 1. The van der Waals surface area contributed by atoms with Crippen LogP contribution in [0.25, 0.3) is 11.3 Å². The van der Waals surface area contributed by atoms with E-state index in [-0.39, 0.29) is 11.8 Å². The summed E-state index contributed by atoms with van der Waals surface area (Å²) in [6, 6.07) is 8.15. The Hall–Kier alpha value is -3.50. The minimum atomic E-state index is -0.511. The summed E-state index contributed by atoms with van der Waals surface area (Å²) in [7, 11) is 1.31. The SMILES string of the molecule is COC(=O)c1ccc(Cl)c(-c2ccc(/C=N/Nc3ncc(F)c(N4CCOCC4)n3)o2)c1. The van der Waals surface area contributed by atoms with Crippen molar-refractivity contribution in [3.05, 3.63) is 58.7 Å². The average Bonchev–Trinajstić information content (AvgIpc) is 3.29. The first-order valence-electron chi connectivity index (χ1n) is 9.67. The third-order valence-corrected chi connectivity index (χ3v) is 5.00. The van der Waals surface area contributed by atoms with Crippen molar-refractivity contribution in [2.75, 3.05) is 43.7 Å². The molecule has 0 atom stereocenters. The van der Waals surface area contributed by atoms with E-state index < -0.39 is 11.8 Å². The molecule has 0 spiro atoms. The van der Waals surface area contributed by atoms with Crippen LogP contribution in [0.3, 0.4) is 0 Å². The largest absolute Gasteiger partial charge is 0.465 e. The number of rotatable bonds is 6. The van der Waals surface area contributed by atoms with Crippen molar-refractivity contribution in [3.8, 4) is 11.3 Å². The highest BCUT2D eigenvalue weighted by Crippen LogP contribution is 2.30. The summed E-state index contributed by atoms with van der Waals surface area (Å²) in [4.78, 5) is 21.7. The third-order valence-electron chi connectivity index (χ3n) is 4.67. The Morgan fingerprint density at radius 2 is 2.12 bits per heavy atom. The van der Waals surface area contributed by atoms with Gasteiger partial charge in [0.15, 0.2) is 11.6 Å². The van der Waals surface area contributed by atoms with E-state index in [1.165, 1.54) is 13.3 Å². The molecule has 0 saturated carbocycles. The van der Waals surface area contributed by atoms with Gasteiger partial charge >= 0.3 is 5.97 Å². The highest BCUT2D eigenvalue weighted by Gasteiger charge is 2.18. The summed E-state index contributed by atoms with van der Waals surface area (Å²) in [6.45, 7) is 2.12. The zero-order valence-electron chi connectivity index (χ0n) is 17.0. The van der Waals surface area contributed by atoms with Crippen LogP contribution in [0, 0.1) is 5.82 Å². The van der Waals surface area contributed by atoms with Crippen LogP contribution in [0.15, 0.2) is 46.0 Å². The van der Waals surface area contributed by atoms with Gasteiger partial charge in [0, 0.05) is 18.7 Å². The molecule has 0 unspecified atom stereocenters. The summed E-state index contributed by atoms with van der Waals surface area (Å²) in [5.74, 6) is 0.225. The molecule has 1 aromatic carbocycles. The fraction of sp³-hybridized carbons (Fsp3) is 0.238. The van der Waals surface area contributed by atoms with Crippen molar-refractivity contribution in [2.45, 2.75) is 0 Å². The minimum absolute atomic E-state index is 0.143. The monoisotopic (exact) mass is 459 g/mol. The molecule has 1 aliphatic heterocycles. The summed E-state index contributed by atoms with van der Waals surface area (Å²) < 4.78 is 29.9. The molecule has 0 amide bonds. The number of hydrazone groups is 1. The van der Waals surface area contributed by atoms with Gasteiger partial charge in [-0.25, -0.2) is 19.6 Å². The number of aromatic nitrogens is 2. The van der Waals surface area contributed by atoms with E-state index in [9.17, 15) is 9.18 Å². The molecule has 4 rings (SSSR count). The molecular weight excluding hydrogens is 441 g/mol. The van der Waals surface area contributed by atoms with Crippen LogP contribution in [0.2, 0.25) is 5.02 Å². The Labute approximate surface area is 187 Å². The van der Waals surface area contributed by atoms with Gasteiger partial charge < -0.3 is 18.8 Å². The number of esters is 1. The second kappa shape index (κ2) is 9.75. The number of hydrogen-bond acceptors (Lipinski definition) is 9. The van der Waals surface area contributed by atoms with E-state index in [0.29, 0.717) is 54.0 Å². The summed E-state index contributed by atoms with van der Waals surface area (Å²) in [5.41, 5.74) is 3.56. The standard InChI is InChI=1S/C21H19ClFN5O4/c1-30-20(29)13-2-4-16(22)15(10-13)18-5-3-14(32-18)11-25-27-21-24-12-17(23)19(26-21)28-6-8-31-9-7-28/h2-5,10-12H,6-9H2,1H3,(H,24,26,27)/b25-11+. The Kier molecular flexibility index (Phi) is 6.62. The number of nitrogens with zero attached hydrogens (tertiary/aromatic N) is 4. The van der Waals surface area contributed by atoms with Gasteiger partial charge in [0.1, 0.15) is 11.5 Å². The van der Waals surface area contributed by atoms with E-state index in [4.69, 9.17) is 25.5 Å². The number of carbonyl (C=O) groups excluding carboxylic acids is 1. The number of furan rings is 1. The maximum Gasteiger partial charge on any atom is 0.337 e. The van der Waals surface area contributed by atoms with Crippen LogP contribution in [-0.4, -0.2) is 55.6 Å². The lowest BCUT2D eigenvalue weighted by Gasteiger charge is -2.27. The molecule has 0 bridgehead atoms. The second-order valence-corrected chi connectivity index (χ2v) is 7.13. The minimum Gasteiger partial charge on any atom is -0.465 e. The molecule has 3 aromatic rings. The summed E-state index contributed by atoms with van der Waals surface area (Å²) >= 11 is 6.25. The van der Waals surface area contributed by atoms with E-state index in [2.05, 4.69) is 20.5 Å². The van der Waals surface area contributed by atoms with Crippen molar-refractivity contribution in [1.29, 1.82) is 0 Å². The van der Waals surface area contributed by atoms with Gasteiger partial charge in [-0.15, -0.1) is 0 Å². The smallest absolute Gasteiger partial charge is 0.337 e. The molecule has 9 nitrogen and oxygen atoms in total. The van der Waals surface area contributed by atoms with Gasteiger partial charge in [-0.2, -0.15) is 10.1 Å².